The number of hydrogen-bond donors (Lipinski definition) is 4. The highest BCUT2D eigenvalue weighted by atomic mass is 16.2. The van der Waals surface area contributed by atoms with Crippen LogP contribution in [0, 0.1) is 0 Å². The van der Waals surface area contributed by atoms with E-state index in [-0.39, 0.29) is 42.5 Å². The average Bonchev–Trinajstić information content (AvgIpc) is 2.79. The Morgan fingerprint density at radius 3 is 2.15 bits per heavy atom. The standard InChI is InChI=1S/C22H27N7O5/c1-3-10-28-17(23)15(19(31)25-21(28)33)14(30)12-27(4-2)16-18(24)29(22(34)26-20(16)32)11-13-8-6-5-7-9-13/h5-9H,3-4,10-12,23-24H2,1-2H3,(H,25,31,33)(H,26,32,34). The van der Waals surface area contributed by atoms with Crippen LogP contribution >= 0.6 is 0 Å². The molecular formula is C22H27N7O5. The molecule has 2 heterocycles. The van der Waals surface area contributed by atoms with Gasteiger partial charge in [0.25, 0.3) is 11.1 Å². The summed E-state index contributed by atoms with van der Waals surface area (Å²) in [4.78, 5) is 68.3. The van der Waals surface area contributed by atoms with Crippen LogP contribution in [0.5, 0.6) is 0 Å². The minimum absolute atomic E-state index is 0.0803. The van der Waals surface area contributed by atoms with Crippen molar-refractivity contribution >= 4 is 23.1 Å². The molecule has 0 atom stereocenters. The number of H-pyrrole nitrogens is 2. The van der Waals surface area contributed by atoms with Crippen molar-refractivity contribution in [2.24, 2.45) is 0 Å². The van der Waals surface area contributed by atoms with E-state index in [9.17, 15) is 24.0 Å². The van der Waals surface area contributed by atoms with E-state index in [4.69, 9.17) is 11.5 Å². The summed E-state index contributed by atoms with van der Waals surface area (Å²) in [5.41, 5.74) is 9.46. The number of likely N-dealkylation sites (N-methyl/N-ethyl adjacent to an activating group) is 1. The summed E-state index contributed by atoms with van der Waals surface area (Å²) in [7, 11) is 0. The van der Waals surface area contributed by atoms with Gasteiger partial charge in [0.15, 0.2) is 5.78 Å². The van der Waals surface area contributed by atoms with Crippen LogP contribution in [0.4, 0.5) is 17.3 Å². The van der Waals surface area contributed by atoms with E-state index in [0.717, 1.165) is 10.1 Å². The molecule has 0 bridgehead atoms. The summed E-state index contributed by atoms with van der Waals surface area (Å²) < 4.78 is 2.31. The van der Waals surface area contributed by atoms with Crippen molar-refractivity contribution in [2.45, 2.75) is 33.4 Å². The first-order valence-corrected chi connectivity index (χ1v) is 10.8. The van der Waals surface area contributed by atoms with Crippen LogP contribution in [-0.2, 0) is 13.1 Å². The van der Waals surface area contributed by atoms with Crippen molar-refractivity contribution in [3.63, 3.8) is 0 Å². The zero-order valence-electron chi connectivity index (χ0n) is 19.0. The van der Waals surface area contributed by atoms with Crippen molar-refractivity contribution in [3.05, 3.63) is 83.1 Å². The largest absolute Gasteiger partial charge is 0.384 e. The van der Waals surface area contributed by atoms with Crippen LogP contribution in [0.1, 0.15) is 36.2 Å². The third-order valence-electron chi connectivity index (χ3n) is 5.40. The van der Waals surface area contributed by atoms with Crippen molar-refractivity contribution in [1.82, 2.24) is 19.1 Å². The summed E-state index contributed by atoms with van der Waals surface area (Å²) in [5.74, 6) is -1.07. The SMILES string of the molecule is CCCn1c(N)c(C(=O)CN(CC)c2c(N)n(Cc3ccccc3)c(=O)[nH]c2=O)c(=O)[nH]c1=O. The number of aromatic amines is 2. The number of carbonyl (C=O) groups excluding carboxylic acids is 1. The molecule has 3 aromatic rings. The molecule has 6 N–H and O–H groups in total. The number of ketones is 1. The molecule has 180 valence electrons. The van der Waals surface area contributed by atoms with Gasteiger partial charge in [-0.05, 0) is 18.9 Å². The van der Waals surface area contributed by atoms with Crippen LogP contribution in [0.3, 0.4) is 0 Å². The maximum Gasteiger partial charge on any atom is 0.330 e. The van der Waals surface area contributed by atoms with Crippen LogP contribution in [0.25, 0.3) is 0 Å². The maximum absolute atomic E-state index is 13.1. The van der Waals surface area contributed by atoms with E-state index < -0.39 is 34.8 Å². The molecule has 2 aromatic heterocycles. The van der Waals surface area contributed by atoms with Gasteiger partial charge in [-0.3, -0.25) is 33.5 Å². The van der Waals surface area contributed by atoms with E-state index in [1.807, 2.05) is 13.0 Å². The highest BCUT2D eigenvalue weighted by Crippen LogP contribution is 2.18. The van der Waals surface area contributed by atoms with Gasteiger partial charge in [0, 0.05) is 13.1 Å². The smallest absolute Gasteiger partial charge is 0.330 e. The zero-order valence-corrected chi connectivity index (χ0v) is 19.0. The minimum Gasteiger partial charge on any atom is -0.384 e. The number of nitrogens with zero attached hydrogens (tertiary/aromatic N) is 3. The minimum atomic E-state index is -0.910. The molecule has 0 saturated carbocycles. The normalized spacial score (nSPS) is 10.9. The molecule has 0 amide bonds. The Hall–Kier alpha value is -4.35. The molecule has 12 heteroatoms. The van der Waals surface area contributed by atoms with Crippen molar-refractivity contribution in [1.29, 1.82) is 0 Å². The number of aromatic nitrogens is 4. The molecule has 1 aromatic carbocycles. The number of nitrogens with two attached hydrogens (primary N) is 2. The quantitative estimate of drug-likeness (QED) is 0.308. The molecule has 0 saturated heterocycles. The second-order valence-electron chi connectivity index (χ2n) is 7.67. The predicted octanol–water partition coefficient (Wildman–Crippen LogP) is -0.281. The maximum atomic E-state index is 13.1. The number of rotatable bonds is 9. The first-order valence-electron chi connectivity index (χ1n) is 10.8. The van der Waals surface area contributed by atoms with Gasteiger partial charge in [0.05, 0.1) is 13.1 Å². The fourth-order valence-corrected chi connectivity index (χ4v) is 3.71. The monoisotopic (exact) mass is 469 g/mol. The highest BCUT2D eigenvalue weighted by molar-refractivity contribution is 6.02. The van der Waals surface area contributed by atoms with Crippen LogP contribution in [0.2, 0.25) is 0 Å². The summed E-state index contributed by atoms with van der Waals surface area (Å²) in [5, 5.41) is 0. The molecule has 0 fully saturated rings. The Balaban J connectivity index is 2.03. The summed E-state index contributed by atoms with van der Waals surface area (Å²) in [6.45, 7) is 3.56. The van der Waals surface area contributed by atoms with E-state index in [1.54, 1.807) is 31.2 Å². The Morgan fingerprint density at radius 1 is 0.912 bits per heavy atom. The lowest BCUT2D eigenvalue weighted by molar-refractivity contribution is 0.0998. The Bertz CT molecular complexity index is 1430. The lowest BCUT2D eigenvalue weighted by atomic mass is 10.1. The van der Waals surface area contributed by atoms with Gasteiger partial charge in [0.2, 0.25) is 0 Å². The molecular weight excluding hydrogens is 442 g/mol. The average molecular weight is 470 g/mol. The molecule has 0 aliphatic rings. The third-order valence-corrected chi connectivity index (χ3v) is 5.40. The first kappa shape index (κ1) is 24.3. The Morgan fingerprint density at radius 2 is 1.53 bits per heavy atom. The summed E-state index contributed by atoms with van der Waals surface area (Å²) >= 11 is 0. The lowest BCUT2D eigenvalue weighted by Gasteiger charge is -2.24. The van der Waals surface area contributed by atoms with Gasteiger partial charge in [-0.2, -0.15) is 0 Å². The predicted molar refractivity (Wildman–Crippen MR) is 130 cm³/mol. The van der Waals surface area contributed by atoms with Crippen molar-refractivity contribution in [2.75, 3.05) is 29.5 Å². The topological polar surface area (TPSA) is 182 Å². The van der Waals surface area contributed by atoms with E-state index in [0.29, 0.717) is 6.42 Å². The van der Waals surface area contributed by atoms with Gasteiger partial charge < -0.3 is 16.4 Å². The van der Waals surface area contributed by atoms with Gasteiger partial charge >= 0.3 is 11.4 Å². The third kappa shape index (κ3) is 4.70. The fraction of sp³-hybridized carbons (Fsp3) is 0.318. The van der Waals surface area contributed by atoms with E-state index >= 15 is 0 Å². The molecule has 12 nitrogen and oxygen atoms in total. The van der Waals surface area contributed by atoms with Gasteiger partial charge in [-0.1, -0.05) is 37.3 Å². The molecule has 0 unspecified atom stereocenters. The number of Topliss-reactive ketones (excluding diaryl/α,β-unsaturated/α-hetero) is 1. The number of hydrogen-bond acceptors (Lipinski definition) is 8. The number of nitrogens with one attached hydrogen (secondary N) is 2. The first-order chi connectivity index (χ1) is 16.2. The molecule has 0 spiro atoms. The molecule has 0 aliphatic heterocycles. The number of anilines is 3. The number of benzene rings is 1. The van der Waals surface area contributed by atoms with Gasteiger partial charge in [-0.25, -0.2) is 9.59 Å². The van der Waals surface area contributed by atoms with Crippen LogP contribution < -0.4 is 38.9 Å². The Kier molecular flexibility index (Phi) is 7.19. The molecule has 0 radical (unpaired) electrons. The molecule has 34 heavy (non-hydrogen) atoms. The number of nitrogen functional groups attached to an aromatic ring is 2. The number of carbonyl (C=O) groups is 1. The Labute approximate surface area is 193 Å². The van der Waals surface area contributed by atoms with Crippen LogP contribution in [0.15, 0.2) is 49.5 Å². The molecule has 0 aliphatic carbocycles. The second-order valence-corrected chi connectivity index (χ2v) is 7.67. The van der Waals surface area contributed by atoms with E-state index in [1.165, 1.54) is 9.47 Å². The van der Waals surface area contributed by atoms with Crippen molar-refractivity contribution < 1.29 is 4.79 Å². The lowest BCUT2D eigenvalue weighted by Crippen LogP contribution is -2.42. The highest BCUT2D eigenvalue weighted by Gasteiger charge is 2.24. The van der Waals surface area contributed by atoms with Gasteiger partial charge in [0.1, 0.15) is 22.9 Å². The summed E-state index contributed by atoms with van der Waals surface area (Å²) in [6.07, 6.45) is 0.555. The van der Waals surface area contributed by atoms with E-state index in [2.05, 4.69) is 9.97 Å². The van der Waals surface area contributed by atoms with Crippen molar-refractivity contribution in [3.8, 4) is 0 Å². The summed E-state index contributed by atoms with van der Waals surface area (Å²) in [6, 6.07) is 9.05. The second kappa shape index (κ2) is 10.1. The molecule has 3 rings (SSSR count). The van der Waals surface area contributed by atoms with Crippen LogP contribution in [-0.4, -0.2) is 38.0 Å². The van der Waals surface area contributed by atoms with Gasteiger partial charge in [-0.15, -0.1) is 0 Å². The zero-order chi connectivity index (χ0) is 25.0. The fourth-order valence-electron chi connectivity index (χ4n) is 3.71.